The lowest BCUT2D eigenvalue weighted by molar-refractivity contribution is 0.515. The minimum absolute atomic E-state index is 0.0432. The summed E-state index contributed by atoms with van der Waals surface area (Å²) in [6.45, 7) is 1.68. The molecular weight excluding hydrogens is 298 g/mol. The molecule has 112 valence electrons. The van der Waals surface area contributed by atoms with Crippen molar-refractivity contribution in [2.24, 2.45) is 0 Å². The molecule has 2 heterocycles. The van der Waals surface area contributed by atoms with Crippen molar-refractivity contribution in [1.29, 1.82) is 0 Å². The molecule has 4 nitrogen and oxygen atoms in total. The molecule has 1 fully saturated rings. The zero-order valence-electron chi connectivity index (χ0n) is 11.4. The fraction of sp³-hybridized carbons (Fsp3) is 0.357. The van der Waals surface area contributed by atoms with Gasteiger partial charge < -0.3 is 5.32 Å². The quantitative estimate of drug-likeness (QED) is 0.925. The van der Waals surface area contributed by atoms with Crippen molar-refractivity contribution >= 4 is 26.4 Å². The van der Waals surface area contributed by atoms with Crippen molar-refractivity contribution in [3.8, 4) is 0 Å². The summed E-state index contributed by atoms with van der Waals surface area (Å²) in [5.74, 6) is -1.73. The monoisotopic (exact) mass is 312 g/mol. The van der Waals surface area contributed by atoms with Crippen LogP contribution in [0.3, 0.4) is 0 Å². The third-order valence-corrected chi connectivity index (χ3v) is 5.36. The minimum Gasteiger partial charge on any atom is -0.381 e. The summed E-state index contributed by atoms with van der Waals surface area (Å²) in [4.78, 5) is 4.03. The maximum Gasteiger partial charge on any atom is 0.185 e. The molecule has 1 aromatic heterocycles. The highest BCUT2D eigenvalue weighted by Crippen LogP contribution is 2.28. The summed E-state index contributed by atoms with van der Waals surface area (Å²) in [5.41, 5.74) is 1.08. The van der Waals surface area contributed by atoms with E-state index < -0.39 is 21.5 Å². The lowest BCUT2D eigenvalue weighted by Gasteiger charge is -2.15. The Labute approximate surface area is 121 Å². The van der Waals surface area contributed by atoms with E-state index in [-0.39, 0.29) is 23.1 Å². The third-order valence-electron chi connectivity index (χ3n) is 3.59. The molecule has 1 N–H and O–H groups in total. The smallest absolute Gasteiger partial charge is 0.185 e. The van der Waals surface area contributed by atoms with Gasteiger partial charge in [-0.25, -0.2) is 22.2 Å². The summed E-state index contributed by atoms with van der Waals surface area (Å²) >= 11 is 0. The van der Waals surface area contributed by atoms with E-state index in [1.807, 2.05) is 0 Å². The van der Waals surface area contributed by atoms with E-state index in [0.29, 0.717) is 23.2 Å². The second-order valence-corrected chi connectivity index (χ2v) is 7.54. The number of aromatic nitrogens is 1. The van der Waals surface area contributed by atoms with E-state index in [2.05, 4.69) is 10.3 Å². The van der Waals surface area contributed by atoms with E-state index in [1.165, 1.54) is 6.07 Å². The molecule has 0 spiro atoms. The molecule has 3 rings (SSSR count). The first kappa shape index (κ1) is 14.2. The molecule has 0 bridgehead atoms. The van der Waals surface area contributed by atoms with E-state index in [4.69, 9.17) is 0 Å². The number of aryl methyl sites for hydroxylation is 1. The number of sulfone groups is 1. The first-order chi connectivity index (χ1) is 9.85. The van der Waals surface area contributed by atoms with Crippen LogP contribution in [0.1, 0.15) is 12.1 Å². The SMILES string of the molecule is Cc1cc(NC2CCS(=O)(=O)C2)c2ccc(F)c(F)c2n1. The largest absolute Gasteiger partial charge is 0.381 e. The number of hydrogen-bond donors (Lipinski definition) is 1. The van der Waals surface area contributed by atoms with Gasteiger partial charge in [-0.2, -0.15) is 0 Å². The van der Waals surface area contributed by atoms with Gasteiger partial charge in [0.05, 0.1) is 11.5 Å². The highest BCUT2D eigenvalue weighted by atomic mass is 32.2. The topological polar surface area (TPSA) is 59.1 Å². The molecule has 0 aliphatic carbocycles. The Hall–Kier alpha value is -1.76. The zero-order valence-corrected chi connectivity index (χ0v) is 12.2. The van der Waals surface area contributed by atoms with Crippen LogP contribution in [-0.4, -0.2) is 30.9 Å². The summed E-state index contributed by atoms with van der Waals surface area (Å²) in [6.07, 6.45) is 0.509. The number of nitrogens with one attached hydrogen (secondary N) is 1. The Bertz CT molecular complexity index is 821. The molecule has 1 atom stereocenters. The van der Waals surface area contributed by atoms with E-state index in [9.17, 15) is 17.2 Å². The number of hydrogen-bond acceptors (Lipinski definition) is 4. The molecule has 0 saturated carbocycles. The Kier molecular flexibility index (Phi) is 3.32. The number of anilines is 1. The first-order valence-electron chi connectivity index (χ1n) is 6.58. The second kappa shape index (κ2) is 4.91. The molecule has 7 heteroatoms. The fourth-order valence-corrected chi connectivity index (χ4v) is 4.28. The van der Waals surface area contributed by atoms with Crippen molar-refractivity contribution in [2.45, 2.75) is 19.4 Å². The lowest BCUT2D eigenvalue weighted by atomic mass is 10.1. The Balaban J connectivity index is 2.04. The molecule has 0 amide bonds. The number of pyridine rings is 1. The van der Waals surface area contributed by atoms with Crippen LogP contribution in [0.25, 0.3) is 10.9 Å². The van der Waals surface area contributed by atoms with Gasteiger partial charge in [-0.1, -0.05) is 0 Å². The fourth-order valence-electron chi connectivity index (χ4n) is 2.61. The molecule has 1 aromatic carbocycles. The van der Waals surface area contributed by atoms with Gasteiger partial charge in [-0.3, -0.25) is 0 Å². The Morgan fingerprint density at radius 3 is 2.76 bits per heavy atom. The van der Waals surface area contributed by atoms with Crippen LogP contribution in [0.5, 0.6) is 0 Å². The summed E-state index contributed by atoms with van der Waals surface area (Å²) in [6, 6.07) is 4.00. The molecule has 1 aliphatic heterocycles. The number of rotatable bonds is 2. The average Bonchev–Trinajstić information content (AvgIpc) is 2.74. The van der Waals surface area contributed by atoms with Crippen LogP contribution in [-0.2, 0) is 9.84 Å². The maximum atomic E-state index is 13.8. The van der Waals surface area contributed by atoms with Crippen LogP contribution in [0, 0.1) is 18.6 Å². The van der Waals surface area contributed by atoms with E-state index in [1.54, 1.807) is 13.0 Å². The van der Waals surface area contributed by atoms with Gasteiger partial charge in [0.15, 0.2) is 21.5 Å². The number of nitrogens with zero attached hydrogens (tertiary/aromatic N) is 1. The molecule has 1 aliphatic rings. The standard InChI is InChI=1S/C14H14F2N2O2S/c1-8-6-12(18-9-4-5-21(19,20)7-9)10-2-3-11(15)13(16)14(10)17-8/h2-3,6,9H,4-5,7H2,1H3,(H,17,18). The van der Waals surface area contributed by atoms with Crippen molar-refractivity contribution in [2.75, 3.05) is 16.8 Å². The number of benzene rings is 1. The molecule has 1 saturated heterocycles. The van der Waals surface area contributed by atoms with Gasteiger partial charge in [0.1, 0.15) is 5.52 Å². The van der Waals surface area contributed by atoms with Gasteiger partial charge in [0, 0.05) is 22.8 Å². The van der Waals surface area contributed by atoms with Crippen LogP contribution < -0.4 is 5.32 Å². The molecule has 21 heavy (non-hydrogen) atoms. The Morgan fingerprint density at radius 1 is 1.33 bits per heavy atom. The predicted molar refractivity (Wildman–Crippen MR) is 77.1 cm³/mol. The minimum atomic E-state index is -3.01. The molecule has 1 unspecified atom stereocenters. The van der Waals surface area contributed by atoms with Crippen LogP contribution in [0.4, 0.5) is 14.5 Å². The van der Waals surface area contributed by atoms with Gasteiger partial charge in [-0.05, 0) is 31.5 Å². The van der Waals surface area contributed by atoms with Crippen LogP contribution >= 0.6 is 0 Å². The number of halogens is 2. The first-order valence-corrected chi connectivity index (χ1v) is 8.40. The molecule has 0 radical (unpaired) electrons. The average molecular weight is 312 g/mol. The van der Waals surface area contributed by atoms with Gasteiger partial charge in [0.25, 0.3) is 0 Å². The normalized spacial score (nSPS) is 20.8. The Morgan fingerprint density at radius 2 is 2.10 bits per heavy atom. The van der Waals surface area contributed by atoms with Gasteiger partial charge in [0.2, 0.25) is 0 Å². The van der Waals surface area contributed by atoms with Gasteiger partial charge >= 0.3 is 0 Å². The van der Waals surface area contributed by atoms with Crippen LogP contribution in [0.15, 0.2) is 18.2 Å². The summed E-state index contributed by atoms with van der Waals surface area (Å²) in [7, 11) is -3.01. The number of fused-ring (bicyclic) bond motifs is 1. The van der Waals surface area contributed by atoms with E-state index >= 15 is 0 Å². The van der Waals surface area contributed by atoms with E-state index in [0.717, 1.165) is 6.07 Å². The highest BCUT2D eigenvalue weighted by molar-refractivity contribution is 7.91. The van der Waals surface area contributed by atoms with Gasteiger partial charge in [-0.15, -0.1) is 0 Å². The summed E-state index contributed by atoms with van der Waals surface area (Å²) < 4.78 is 50.1. The van der Waals surface area contributed by atoms with Crippen molar-refractivity contribution < 1.29 is 17.2 Å². The lowest BCUT2D eigenvalue weighted by Crippen LogP contribution is -2.21. The van der Waals surface area contributed by atoms with Crippen molar-refractivity contribution in [1.82, 2.24) is 4.98 Å². The van der Waals surface area contributed by atoms with Crippen molar-refractivity contribution in [3.63, 3.8) is 0 Å². The predicted octanol–water partition coefficient (Wildman–Crippen LogP) is 2.42. The second-order valence-electron chi connectivity index (χ2n) is 5.31. The van der Waals surface area contributed by atoms with Crippen LogP contribution in [0.2, 0.25) is 0 Å². The highest BCUT2D eigenvalue weighted by Gasteiger charge is 2.28. The van der Waals surface area contributed by atoms with Crippen molar-refractivity contribution in [3.05, 3.63) is 35.5 Å². The molecule has 2 aromatic rings. The summed E-state index contributed by atoms with van der Waals surface area (Å²) in [5, 5.41) is 3.57. The maximum absolute atomic E-state index is 13.8. The molecular formula is C14H14F2N2O2S. The third kappa shape index (κ3) is 2.70. The zero-order chi connectivity index (χ0) is 15.2.